The number of hydrogen-bond donors (Lipinski definition) is 1. The summed E-state index contributed by atoms with van der Waals surface area (Å²) in [5.74, 6) is -1.36. The number of benzene rings is 2. The Morgan fingerprint density at radius 2 is 1.69 bits per heavy atom. The molecule has 0 bridgehead atoms. The Kier molecular flexibility index (Phi) is 7.82. The standard InChI is InChI=1S/C22H24F3NO3/c1-16(17-9-4-2-5-10-17)26(14-7-3-6-13-20(27)28)21(29)18-11-8-12-19(15-18)22(23,24)25/h2,4-5,8-12,15-16H,3,6-7,13-14H2,1H3,(H,27,28). The second-order valence-electron chi connectivity index (χ2n) is 6.87. The summed E-state index contributed by atoms with van der Waals surface area (Å²) in [4.78, 5) is 25.3. The molecule has 1 N–H and O–H groups in total. The molecule has 0 saturated heterocycles. The van der Waals surface area contributed by atoms with E-state index in [-0.39, 0.29) is 18.0 Å². The van der Waals surface area contributed by atoms with Crippen LogP contribution in [0.5, 0.6) is 0 Å². The number of carboxylic acid groups (broad SMARTS) is 1. The van der Waals surface area contributed by atoms with E-state index in [1.165, 1.54) is 12.1 Å². The third-order valence-corrected chi connectivity index (χ3v) is 4.74. The molecule has 2 aromatic rings. The molecule has 29 heavy (non-hydrogen) atoms. The van der Waals surface area contributed by atoms with Gasteiger partial charge in [0.2, 0.25) is 0 Å². The van der Waals surface area contributed by atoms with Crippen molar-refractivity contribution in [3.8, 4) is 0 Å². The van der Waals surface area contributed by atoms with Crippen molar-refractivity contribution in [3.63, 3.8) is 0 Å². The Hall–Kier alpha value is -2.83. The van der Waals surface area contributed by atoms with Crippen LogP contribution in [0, 0.1) is 0 Å². The van der Waals surface area contributed by atoms with E-state index in [0.29, 0.717) is 25.8 Å². The minimum Gasteiger partial charge on any atom is -0.481 e. The van der Waals surface area contributed by atoms with Crippen molar-refractivity contribution in [2.75, 3.05) is 6.54 Å². The number of carbonyl (C=O) groups is 2. The lowest BCUT2D eigenvalue weighted by Gasteiger charge is -2.30. The molecule has 7 heteroatoms. The number of amides is 1. The molecule has 0 spiro atoms. The topological polar surface area (TPSA) is 57.6 Å². The van der Waals surface area contributed by atoms with E-state index < -0.39 is 23.6 Å². The highest BCUT2D eigenvalue weighted by Gasteiger charge is 2.32. The molecule has 1 atom stereocenters. The van der Waals surface area contributed by atoms with Gasteiger partial charge in [0.25, 0.3) is 5.91 Å². The number of alkyl halides is 3. The second-order valence-corrected chi connectivity index (χ2v) is 6.87. The Morgan fingerprint density at radius 1 is 1.00 bits per heavy atom. The molecule has 0 heterocycles. The number of rotatable bonds is 9. The molecule has 0 aliphatic heterocycles. The van der Waals surface area contributed by atoms with Crippen molar-refractivity contribution in [2.45, 2.75) is 44.8 Å². The molecule has 0 saturated carbocycles. The molecule has 0 aliphatic carbocycles. The molecule has 0 aromatic heterocycles. The summed E-state index contributed by atoms with van der Waals surface area (Å²) in [6, 6.07) is 13.3. The number of halogens is 3. The zero-order valence-electron chi connectivity index (χ0n) is 16.2. The number of carboxylic acids is 1. The minimum absolute atomic E-state index is 0.0202. The Morgan fingerprint density at radius 3 is 2.31 bits per heavy atom. The fourth-order valence-corrected chi connectivity index (χ4v) is 3.11. The van der Waals surface area contributed by atoms with E-state index in [2.05, 4.69) is 0 Å². The Bertz CT molecular complexity index is 822. The van der Waals surface area contributed by atoms with Gasteiger partial charge in [-0.1, -0.05) is 42.8 Å². The van der Waals surface area contributed by atoms with Crippen molar-refractivity contribution in [2.24, 2.45) is 0 Å². The van der Waals surface area contributed by atoms with Gasteiger partial charge in [-0.25, -0.2) is 0 Å². The van der Waals surface area contributed by atoms with Crippen molar-refractivity contribution < 1.29 is 27.9 Å². The van der Waals surface area contributed by atoms with Crippen LogP contribution in [0.2, 0.25) is 0 Å². The molecular formula is C22H24F3NO3. The van der Waals surface area contributed by atoms with E-state index in [1.54, 1.807) is 4.90 Å². The number of hydrogen-bond acceptors (Lipinski definition) is 2. The summed E-state index contributed by atoms with van der Waals surface area (Å²) in [5, 5.41) is 8.73. The summed E-state index contributed by atoms with van der Waals surface area (Å²) in [6.45, 7) is 2.16. The van der Waals surface area contributed by atoms with Crippen LogP contribution in [0.25, 0.3) is 0 Å². The first kappa shape index (κ1) is 22.5. The maximum Gasteiger partial charge on any atom is 0.416 e. The highest BCUT2D eigenvalue weighted by molar-refractivity contribution is 5.94. The normalized spacial score (nSPS) is 12.4. The lowest BCUT2D eigenvalue weighted by molar-refractivity contribution is -0.138. The van der Waals surface area contributed by atoms with E-state index in [0.717, 1.165) is 17.7 Å². The van der Waals surface area contributed by atoms with Crippen molar-refractivity contribution in [3.05, 3.63) is 71.3 Å². The highest BCUT2D eigenvalue weighted by atomic mass is 19.4. The first-order valence-electron chi connectivity index (χ1n) is 9.45. The van der Waals surface area contributed by atoms with Crippen LogP contribution in [0.3, 0.4) is 0 Å². The summed E-state index contributed by atoms with van der Waals surface area (Å²) < 4.78 is 39.1. The highest BCUT2D eigenvalue weighted by Crippen LogP contribution is 2.30. The first-order chi connectivity index (χ1) is 13.7. The lowest BCUT2D eigenvalue weighted by Crippen LogP contribution is -2.34. The van der Waals surface area contributed by atoms with Gasteiger partial charge in [-0.05, 0) is 43.5 Å². The molecule has 156 valence electrons. The van der Waals surface area contributed by atoms with Crippen LogP contribution >= 0.6 is 0 Å². The van der Waals surface area contributed by atoms with Crippen LogP contribution in [0.4, 0.5) is 13.2 Å². The Labute approximate surface area is 168 Å². The number of unbranched alkanes of at least 4 members (excludes halogenated alkanes) is 2. The third-order valence-electron chi connectivity index (χ3n) is 4.74. The molecule has 0 fully saturated rings. The molecule has 2 aromatic carbocycles. The fraction of sp³-hybridized carbons (Fsp3) is 0.364. The number of nitrogens with zero attached hydrogens (tertiary/aromatic N) is 1. The monoisotopic (exact) mass is 407 g/mol. The predicted molar refractivity (Wildman–Crippen MR) is 103 cm³/mol. The molecule has 0 aliphatic rings. The molecular weight excluding hydrogens is 383 g/mol. The third kappa shape index (κ3) is 6.62. The van der Waals surface area contributed by atoms with Crippen molar-refractivity contribution in [1.29, 1.82) is 0 Å². The lowest BCUT2D eigenvalue weighted by atomic mass is 10.0. The zero-order valence-corrected chi connectivity index (χ0v) is 16.2. The smallest absolute Gasteiger partial charge is 0.416 e. The second kappa shape index (κ2) is 10.1. The molecule has 1 amide bonds. The number of aliphatic carboxylic acids is 1. The maximum atomic E-state index is 13.1. The van der Waals surface area contributed by atoms with Crippen LogP contribution in [-0.2, 0) is 11.0 Å². The van der Waals surface area contributed by atoms with Gasteiger partial charge in [0, 0.05) is 18.5 Å². The summed E-state index contributed by atoms with van der Waals surface area (Å²) in [6.07, 6.45) is -2.81. The van der Waals surface area contributed by atoms with Crippen LogP contribution < -0.4 is 0 Å². The average molecular weight is 407 g/mol. The van der Waals surface area contributed by atoms with Crippen LogP contribution in [0.15, 0.2) is 54.6 Å². The van der Waals surface area contributed by atoms with E-state index in [4.69, 9.17) is 5.11 Å². The quantitative estimate of drug-likeness (QED) is 0.554. The van der Waals surface area contributed by atoms with Crippen molar-refractivity contribution in [1.82, 2.24) is 4.90 Å². The van der Waals surface area contributed by atoms with Gasteiger partial charge in [0.15, 0.2) is 0 Å². The SMILES string of the molecule is CC(c1ccccc1)N(CCCCCC(=O)O)C(=O)c1cccc(C(F)(F)F)c1. The average Bonchev–Trinajstić information content (AvgIpc) is 2.69. The number of carbonyl (C=O) groups excluding carboxylic acids is 1. The molecule has 1 unspecified atom stereocenters. The van der Waals surface area contributed by atoms with Gasteiger partial charge < -0.3 is 10.0 Å². The summed E-state index contributed by atoms with van der Waals surface area (Å²) in [5.41, 5.74) is -0.0105. The van der Waals surface area contributed by atoms with Crippen LogP contribution in [-0.4, -0.2) is 28.4 Å². The van der Waals surface area contributed by atoms with Gasteiger partial charge in [0.1, 0.15) is 0 Å². The van der Waals surface area contributed by atoms with Gasteiger partial charge in [-0.15, -0.1) is 0 Å². The van der Waals surface area contributed by atoms with Gasteiger partial charge >= 0.3 is 12.1 Å². The molecule has 4 nitrogen and oxygen atoms in total. The van der Waals surface area contributed by atoms with Crippen molar-refractivity contribution >= 4 is 11.9 Å². The first-order valence-corrected chi connectivity index (χ1v) is 9.45. The fourth-order valence-electron chi connectivity index (χ4n) is 3.11. The van der Waals surface area contributed by atoms with Crippen LogP contribution in [0.1, 0.15) is 60.1 Å². The van der Waals surface area contributed by atoms with E-state index >= 15 is 0 Å². The maximum absolute atomic E-state index is 13.1. The minimum atomic E-state index is -4.52. The van der Waals surface area contributed by atoms with Gasteiger partial charge in [-0.2, -0.15) is 13.2 Å². The largest absolute Gasteiger partial charge is 0.481 e. The predicted octanol–water partition coefficient (Wildman–Crippen LogP) is 5.55. The van der Waals surface area contributed by atoms with E-state index in [1.807, 2.05) is 37.3 Å². The zero-order chi connectivity index (χ0) is 21.4. The van der Waals surface area contributed by atoms with Gasteiger partial charge in [0.05, 0.1) is 11.6 Å². The summed E-state index contributed by atoms with van der Waals surface area (Å²) >= 11 is 0. The molecule has 2 rings (SSSR count). The van der Waals surface area contributed by atoms with Gasteiger partial charge in [-0.3, -0.25) is 9.59 Å². The van der Waals surface area contributed by atoms with E-state index in [9.17, 15) is 22.8 Å². The molecule has 0 radical (unpaired) electrons. The summed E-state index contributed by atoms with van der Waals surface area (Å²) in [7, 11) is 0. The Balaban J connectivity index is 2.21.